The standard InChI is InChI=1S/C20H25N3O3/c1-3-11-21-19(25)20(10-7-12-23(20)15(2)24)14-17-13-18(22-26-17)16-8-5-4-6-9-16/h4-6,8-9,13H,3,7,10-12,14H2,1-2H3,(H,21,25)/t20-/m0/s1. The topological polar surface area (TPSA) is 75.4 Å². The second-order valence-corrected chi connectivity index (χ2v) is 6.78. The highest BCUT2D eigenvalue weighted by atomic mass is 16.5. The average molecular weight is 355 g/mol. The monoisotopic (exact) mass is 355 g/mol. The summed E-state index contributed by atoms with van der Waals surface area (Å²) >= 11 is 0. The SMILES string of the molecule is CCCNC(=O)[C@@]1(Cc2cc(-c3ccccc3)no2)CCCN1C(C)=O. The fourth-order valence-electron chi connectivity index (χ4n) is 3.67. The van der Waals surface area contributed by atoms with Crippen molar-refractivity contribution in [2.75, 3.05) is 13.1 Å². The number of nitrogens with zero attached hydrogens (tertiary/aromatic N) is 2. The Morgan fingerprint density at radius 2 is 2.08 bits per heavy atom. The van der Waals surface area contributed by atoms with Gasteiger partial charge in [0.15, 0.2) is 0 Å². The van der Waals surface area contributed by atoms with Crippen molar-refractivity contribution < 1.29 is 14.1 Å². The Morgan fingerprint density at radius 1 is 1.31 bits per heavy atom. The van der Waals surface area contributed by atoms with Gasteiger partial charge in [0.05, 0.1) is 0 Å². The molecule has 1 aromatic carbocycles. The molecule has 0 spiro atoms. The molecule has 0 bridgehead atoms. The molecular formula is C20H25N3O3. The van der Waals surface area contributed by atoms with Gasteiger partial charge in [0.25, 0.3) is 0 Å². The first kappa shape index (κ1) is 18.2. The van der Waals surface area contributed by atoms with Gasteiger partial charge in [0.2, 0.25) is 11.8 Å². The number of carbonyl (C=O) groups is 2. The van der Waals surface area contributed by atoms with Crippen LogP contribution in [0, 0.1) is 0 Å². The fourth-order valence-corrected chi connectivity index (χ4v) is 3.67. The minimum absolute atomic E-state index is 0.0862. The van der Waals surface area contributed by atoms with Crippen LogP contribution in [0.5, 0.6) is 0 Å². The van der Waals surface area contributed by atoms with Gasteiger partial charge in [0.1, 0.15) is 17.0 Å². The third-order valence-corrected chi connectivity index (χ3v) is 4.92. The van der Waals surface area contributed by atoms with Crippen LogP contribution < -0.4 is 5.32 Å². The Hall–Kier alpha value is -2.63. The summed E-state index contributed by atoms with van der Waals surface area (Å²) in [6, 6.07) is 11.6. The van der Waals surface area contributed by atoms with Crippen molar-refractivity contribution in [1.82, 2.24) is 15.4 Å². The minimum Gasteiger partial charge on any atom is -0.361 e. The third kappa shape index (κ3) is 3.49. The quantitative estimate of drug-likeness (QED) is 0.864. The van der Waals surface area contributed by atoms with Crippen LogP contribution in [0.2, 0.25) is 0 Å². The predicted molar refractivity (Wildman–Crippen MR) is 98.3 cm³/mol. The second kappa shape index (κ2) is 7.72. The smallest absolute Gasteiger partial charge is 0.246 e. The molecule has 1 saturated heterocycles. The van der Waals surface area contributed by atoms with Gasteiger partial charge >= 0.3 is 0 Å². The number of hydrogen-bond donors (Lipinski definition) is 1. The highest BCUT2D eigenvalue weighted by Crippen LogP contribution is 2.34. The summed E-state index contributed by atoms with van der Waals surface area (Å²) in [4.78, 5) is 26.8. The van der Waals surface area contributed by atoms with Gasteiger partial charge in [-0.25, -0.2) is 0 Å². The van der Waals surface area contributed by atoms with E-state index in [2.05, 4.69) is 10.5 Å². The van der Waals surface area contributed by atoms with Crippen LogP contribution in [0.15, 0.2) is 40.9 Å². The zero-order valence-electron chi connectivity index (χ0n) is 15.3. The van der Waals surface area contributed by atoms with Gasteiger partial charge in [-0.05, 0) is 19.3 Å². The molecule has 1 aliphatic heterocycles. The van der Waals surface area contributed by atoms with E-state index in [0.717, 1.165) is 24.1 Å². The number of nitrogens with one attached hydrogen (secondary N) is 1. The highest BCUT2D eigenvalue weighted by molar-refractivity contribution is 5.91. The lowest BCUT2D eigenvalue weighted by Crippen LogP contribution is -2.58. The zero-order valence-corrected chi connectivity index (χ0v) is 15.3. The molecule has 26 heavy (non-hydrogen) atoms. The summed E-state index contributed by atoms with van der Waals surface area (Å²) in [5.41, 5.74) is 0.799. The molecule has 2 amide bonds. The fraction of sp³-hybridized carbons (Fsp3) is 0.450. The van der Waals surface area contributed by atoms with Crippen LogP contribution >= 0.6 is 0 Å². The number of likely N-dealkylation sites (tertiary alicyclic amines) is 1. The van der Waals surface area contributed by atoms with Gasteiger partial charge in [-0.15, -0.1) is 0 Å². The van der Waals surface area contributed by atoms with Crippen LogP contribution in [0.4, 0.5) is 0 Å². The van der Waals surface area contributed by atoms with Crippen molar-refractivity contribution in [2.45, 2.75) is 45.1 Å². The number of benzene rings is 1. The molecule has 6 nitrogen and oxygen atoms in total. The van der Waals surface area contributed by atoms with E-state index >= 15 is 0 Å². The molecule has 0 radical (unpaired) electrons. The van der Waals surface area contributed by atoms with E-state index in [1.54, 1.807) is 4.90 Å². The molecule has 6 heteroatoms. The van der Waals surface area contributed by atoms with Crippen LogP contribution in [-0.4, -0.2) is 40.5 Å². The molecule has 1 aliphatic rings. The maximum atomic E-state index is 13.0. The molecule has 1 aromatic heterocycles. The lowest BCUT2D eigenvalue weighted by atomic mass is 9.89. The first-order chi connectivity index (χ1) is 12.6. The number of aromatic nitrogens is 1. The summed E-state index contributed by atoms with van der Waals surface area (Å²) in [6.45, 7) is 4.71. The summed E-state index contributed by atoms with van der Waals surface area (Å²) in [6.07, 6.45) is 2.62. The van der Waals surface area contributed by atoms with Gasteiger partial charge in [-0.2, -0.15) is 0 Å². The molecule has 1 atom stereocenters. The molecule has 0 aliphatic carbocycles. The summed E-state index contributed by atoms with van der Waals surface area (Å²) in [5, 5.41) is 7.10. The van der Waals surface area contributed by atoms with E-state index < -0.39 is 5.54 Å². The highest BCUT2D eigenvalue weighted by Gasteiger charge is 2.49. The first-order valence-corrected chi connectivity index (χ1v) is 9.14. The maximum absolute atomic E-state index is 13.0. The lowest BCUT2D eigenvalue weighted by Gasteiger charge is -2.36. The number of carbonyl (C=O) groups excluding carboxylic acids is 2. The van der Waals surface area contributed by atoms with E-state index in [0.29, 0.717) is 31.7 Å². The van der Waals surface area contributed by atoms with Crippen molar-refractivity contribution in [3.05, 3.63) is 42.2 Å². The average Bonchev–Trinajstić information content (AvgIpc) is 3.28. The summed E-state index contributed by atoms with van der Waals surface area (Å²) in [7, 11) is 0. The summed E-state index contributed by atoms with van der Waals surface area (Å²) in [5.74, 6) is 0.422. The van der Waals surface area contributed by atoms with E-state index in [-0.39, 0.29) is 11.8 Å². The van der Waals surface area contributed by atoms with Crippen molar-refractivity contribution in [3.63, 3.8) is 0 Å². The van der Waals surface area contributed by atoms with Crippen LogP contribution in [0.25, 0.3) is 11.3 Å². The Kier molecular flexibility index (Phi) is 5.40. The Bertz CT molecular complexity index is 772. The third-order valence-electron chi connectivity index (χ3n) is 4.92. The Morgan fingerprint density at radius 3 is 2.77 bits per heavy atom. The molecule has 138 valence electrons. The molecule has 1 N–H and O–H groups in total. The van der Waals surface area contributed by atoms with E-state index in [1.165, 1.54) is 6.92 Å². The van der Waals surface area contributed by atoms with Crippen LogP contribution in [0.3, 0.4) is 0 Å². The Labute approximate surface area is 153 Å². The van der Waals surface area contributed by atoms with Crippen molar-refractivity contribution in [2.24, 2.45) is 0 Å². The van der Waals surface area contributed by atoms with E-state index in [1.807, 2.05) is 43.3 Å². The van der Waals surface area contributed by atoms with Gasteiger partial charge in [-0.3, -0.25) is 9.59 Å². The van der Waals surface area contributed by atoms with Crippen molar-refractivity contribution in [1.29, 1.82) is 0 Å². The van der Waals surface area contributed by atoms with Crippen molar-refractivity contribution >= 4 is 11.8 Å². The molecule has 2 aromatic rings. The largest absolute Gasteiger partial charge is 0.361 e. The number of amides is 2. The van der Waals surface area contributed by atoms with Gasteiger partial charge in [-0.1, -0.05) is 42.4 Å². The molecule has 0 unspecified atom stereocenters. The zero-order chi connectivity index (χ0) is 18.6. The number of hydrogen-bond acceptors (Lipinski definition) is 4. The second-order valence-electron chi connectivity index (χ2n) is 6.78. The first-order valence-electron chi connectivity index (χ1n) is 9.14. The maximum Gasteiger partial charge on any atom is 0.246 e. The molecule has 2 heterocycles. The summed E-state index contributed by atoms with van der Waals surface area (Å²) < 4.78 is 5.52. The van der Waals surface area contributed by atoms with Crippen LogP contribution in [0.1, 0.15) is 38.9 Å². The van der Waals surface area contributed by atoms with Crippen molar-refractivity contribution in [3.8, 4) is 11.3 Å². The minimum atomic E-state index is -0.894. The lowest BCUT2D eigenvalue weighted by molar-refractivity contribution is -0.143. The van der Waals surface area contributed by atoms with E-state index in [4.69, 9.17) is 4.52 Å². The number of rotatable bonds is 6. The van der Waals surface area contributed by atoms with Gasteiger partial charge in [0, 0.05) is 38.1 Å². The van der Waals surface area contributed by atoms with E-state index in [9.17, 15) is 9.59 Å². The molecule has 1 fully saturated rings. The molecule has 0 saturated carbocycles. The molecular weight excluding hydrogens is 330 g/mol. The normalized spacial score (nSPS) is 19.5. The Balaban J connectivity index is 1.88. The van der Waals surface area contributed by atoms with Crippen LogP contribution in [-0.2, 0) is 16.0 Å². The van der Waals surface area contributed by atoms with Gasteiger partial charge < -0.3 is 14.7 Å². The molecule has 3 rings (SSSR count). The predicted octanol–water partition coefficient (Wildman–Crippen LogP) is 2.79.